The van der Waals surface area contributed by atoms with Crippen LogP contribution in [0.5, 0.6) is 0 Å². The standard InChI is InChI=1S/C17H18FN5O2S/c18-13-3-1-4-14(11-13)26(24,25)23-9-7-22(8-10-23)12-16-20-15-5-2-6-19-17(15)21-16/h1-6,11H,7-10,12H2,(H,19,20,21). The third kappa shape index (κ3) is 3.33. The van der Waals surface area contributed by atoms with Gasteiger partial charge >= 0.3 is 0 Å². The van der Waals surface area contributed by atoms with Crippen LogP contribution in [0.25, 0.3) is 11.2 Å². The lowest BCUT2D eigenvalue weighted by molar-refractivity contribution is 0.178. The van der Waals surface area contributed by atoms with E-state index in [2.05, 4.69) is 19.9 Å². The molecule has 0 unspecified atom stereocenters. The third-order valence-electron chi connectivity index (χ3n) is 4.44. The molecule has 0 bridgehead atoms. The molecule has 7 nitrogen and oxygen atoms in total. The topological polar surface area (TPSA) is 82.2 Å². The van der Waals surface area contributed by atoms with E-state index in [1.165, 1.54) is 22.5 Å². The van der Waals surface area contributed by atoms with Crippen molar-refractivity contribution in [2.75, 3.05) is 26.2 Å². The minimum Gasteiger partial charge on any atom is -0.340 e. The van der Waals surface area contributed by atoms with E-state index in [4.69, 9.17) is 0 Å². The molecule has 0 aliphatic carbocycles. The number of fused-ring (bicyclic) bond motifs is 1. The Bertz CT molecular complexity index is 995. The van der Waals surface area contributed by atoms with Crippen LogP contribution < -0.4 is 0 Å². The summed E-state index contributed by atoms with van der Waals surface area (Å²) in [5.74, 6) is 0.253. The largest absolute Gasteiger partial charge is 0.340 e. The molecule has 2 aromatic heterocycles. The van der Waals surface area contributed by atoms with Crippen LogP contribution in [0.2, 0.25) is 0 Å². The smallest absolute Gasteiger partial charge is 0.243 e. The molecule has 0 amide bonds. The van der Waals surface area contributed by atoms with E-state index in [1.54, 1.807) is 6.20 Å². The number of rotatable bonds is 4. The van der Waals surface area contributed by atoms with E-state index in [9.17, 15) is 12.8 Å². The van der Waals surface area contributed by atoms with Crippen LogP contribution in [-0.2, 0) is 16.6 Å². The summed E-state index contributed by atoms with van der Waals surface area (Å²) in [6.45, 7) is 2.48. The molecule has 136 valence electrons. The van der Waals surface area contributed by atoms with Gasteiger partial charge in [-0.15, -0.1) is 0 Å². The number of aromatic amines is 1. The Balaban J connectivity index is 1.42. The molecule has 1 saturated heterocycles. The Hall–Kier alpha value is -2.36. The van der Waals surface area contributed by atoms with Gasteiger partial charge in [0.05, 0.1) is 17.0 Å². The maximum absolute atomic E-state index is 13.4. The molecule has 1 N–H and O–H groups in total. The van der Waals surface area contributed by atoms with E-state index in [-0.39, 0.29) is 4.90 Å². The lowest BCUT2D eigenvalue weighted by Gasteiger charge is -2.33. The summed E-state index contributed by atoms with van der Waals surface area (Å²) in [4.78, 5) is 14.0. The van der Waals surface area contributed by atoms with Crippen LogP contribution in [0.15, 0.2) is 47.5 Å². The lowest BCUT2D eigenvalue weighted by atomic mass is 10.3. The fourth-order valence-electron chi connectivity index (χ4n) is 3.09. The second-order valence-electron chi connectivity index (χ2n) is 6.20. The van der Waals surface area contributed by atoms with Gasteiger partial charge in [-0.2, -0.15) is 4.31 Å². The molecule has 3 heterocycles. The molecule has 26 heavy (non-hydrogen) atoms. The van der Waals surface area contributed by atoms with Gasteiger partial charge in [0, 0.05) is 32.4 Å². The highest BCUT2D eigenvalue weighted by Crippen LogP contribution is 2.19. The molecule has 1 aliphatic heterocycles. The first-order chi connectivity index (χ1) is 12.5. The van der Waals surface area contributed by atoms with Crippen molar-refractivity contribution in [3.63, 3.8) is 0 Å². The van der Waals surface area contributed by atoms with Gasteiger partial charge in [-0.25, -0.2) is 22.8 Å². The molecule has 4 rings (SSSR count). The van der Waals surface area contributed by atoms with Crippen molar-refractivity contribution in [2.24, 2.45) is 0 Å². The van der Waals surface area contributed by atoms with E-state index in [1.807, 2.05) is 12.1 Å². The lowest BCUT2D eigenvalue weighted by Crippen LogP contribution is -2.48. The molecule has 1 aromatic carbocycles. The fourth-order valence-corrected chi connectivity index (χ4v) is 4.54. The highest BCUT2D eigenvalue weighted by atomic mass is 32.2. The third-order valence-corrected chi connectivity index (χ3v) is 6.34. The molecule has 0 atom stereocenters. The van der Waals surface area contributed by atoms with E-state index >= 15 is 0 Å². The molecular weight excluding hydrogens is 357 g/mol. The summed E-state index contributed by atoms with van der Waals surface area (Å²) in [7, 11) is -3.67. The number of hydrogen-bond donors (Lipinski definition) is 1. The van der Waals surface area contributed by atoms with Crippen LogP contribution in [0.4, 0.5) is 4.39 Å². The van der Waals surface area contributed by atoms with Crippen LogP contribution in [0.1, 0.15) is 5.82 Å². The number of benzene rings is 1. The summed E-state index contributed by atoms with van der Waals surface area (Å²) in [6.07, 6.45) is 1.70. The van der Waals surface area contributed by atoms with Gasteiger partial charge in [0.15, 0.2) is 5.65 Å². The molecule has 3 aromatic rings. The molecule has 0 saturated carbocycles. The summed E-state index contributed by atoms with van der Waals surface area (Å²) >= 11 is 0. The van der Waals surface area contributed by atoms with Crippen LogP contribution in [-0.4, -0.2) is 58.8 Å². The van der Waals surface area contributed by atoms with Gasteiger partial charge in [-0.05, 0) is 30.3 Å². The first-order valence-corrected chi connectivity index (χ1v) is 9.74. The van der Waals surface area contributed by atoms with Crippen LogP contribution in [0, 0.1) is 5.82 Å². The number of pyridine rings is 1. The number of halogens is 1. The number of aromatic nitrogens is 3. The van der Waals surface area contributed by atoms with Crippen LogP contribution in [0.3, 0.4) is 0 Å². The average Bonchev–Trinajstić information content (AvgIpc) is 3.04. The van der Waals surface area contributed by atoms with Crippen molar-refractivity contribution < 1.29 is 12.8 Å². The van der Waals surface area contributed by atoms with Crippen molar-refractivity contribution in [1.29, 1.82) is 0 Å². The summed E-state index contributed by atoms with van der Waals surface area (Å²) < 4.78 is 40.0. The second-order valence-corrected chi connectivity index (χ2v) is 8.13. The Morgan fingerprint density at radius 3 is 2.65 bits per heavy atom. The zero-order valence-corrected chi connectivity index (χ0v) is 14.8. The van der Waals surface area contributed by atoms with Crippen molar-refractivity contribution in [3.8, 4) is 0 Å². The number of hydrogen-bond acceptors (Lipinski definition) is 5. The first kappa shape index (κ1) is 17.1. The van der Waals surface area contributed by atoms with Gasteiger partial charge in [0.1, 0.15) is 11.6 Å². The number of imidazole rings is 1. The summed E-state index contributed by atoms with van der Waals surface area (Å²) in [6, 6.07) is 8.89. The van der Waals surface area contributed by atoms with Crippen molar-refractivity contribution >= 4 is 21.2 Å². The van der Waals surface area contributed by atoms with Crippen molar-refractivity contribution in [2.45, 2.75) is 11.4 Å². The number of nitrogens with zero attached hydrogens (tertiary/aromatic N) is 4. The monoisotopic (exact) mass is 375 g/mol. The van der Waals surface area contributed by atoms with E-state index < -0.39 is 15.8 Å². The van der Waals surface area contributed by atoms with Gasteiger partial charge in [0.2, 0.25) is 10.0 Å². The molecule has 0 radical (unpaired) electrons. The Morgan fingerprint density at radius 2 is 1.92 bits per heavy atom. The molecule has 0 spiro atoms. The predicted molar refractivity (Wildman–Crippen MR) is 94.3 cm³/mol. The molecule has 1 aliphatic rings. The summed E-state index contributed by atoms with van der Waals surface area (Å²) in [5.41, 5.74) is 1.56. The van der Waals surface area contributed by atoms with Crippen molar-refractivity contribution in [3.05, 3.63) is 54.2 Å². The zero-order chi connectivity index (χ0) is 18.1. The van der Waals surface area contributed by atoms with Crippen molar-refractivity contribution in [1.82, 2.24) is 24.2 Å². The number of H-pyrrole nitrogens is 1. The number of sulfonamides is 1. The molecule has 1 fully saturated rings. The van der Waals surface area contributed by atoms with Gasteiger partial charge < -0.3 is 4.98 Å². The number of piperazine rings is 1. The van der Waals surface area contributed by atoms with E-state index in [0.29, 0.717) is 38.4 Å². The zero-order valence-electron chi connectivity index (χ0n) is 14.0. The maximum Gasteiger partial charge on any atom is 0.243 e. The van der Waals surface area contributed by atoms with Gasteiger partial charge in [-0.3, -0.25) is 4.90 Å². The van der Waals surface area contributed by atoms with Gasteiger partial charge in [0.25, 0.3) is 0 Å². The highest BCUT2D eigenvalue weighted by Gasteiger charge is 2.29. The SMILES string of the molecule is O=S(=O)(c1cccc(F)c1)N1CCN(Cc2nc3ncccc3[nH]2)CC1. The second kappa shape index (κ2) is 6.75. The van der Waals surface area contributed by atoms with E-state index in [0.717, 1.165) is 17.4 Å². The quantitative estimate of drug-likeness (QED) is 0.749. The Kier molecular flexibility index (Phi) is 4.43. The Morgan fingerprint density at radius 1 is 1.12 bits per heavy atom. The predicted octanol–water partition coefficient (Wildman–Crippen LogP) is 1.60. The first-order valence-electron chi connectivity index (χ1n) is 8.30. The fraction of sp³-hybridized carbons (Fsp3) is 0.294. The number of nitrogens with one attached hydrogen (secondary N) is 1. The average molecular weight is 375 g/mol. The maximum atomic E-state index is 13.4. The summed E-state index contributed by atoms with van der Waals surface area (Å²) in [5, 5.41) is 0. The minimum atomic E-state index is -3.67. The Labute approximate surface area is 150 Å². The molecule has 9 heteroatoms. The highest BCUT2D eigenvalue weighted by molar-refractivity contribution is 7.89. The van der Waals surface area contributed by atoms with Gasteiger partial charge in [-0.1, -0.05) is 6.07 Å². The van der Waals surface area contributed by atoms with Crippen LogP contribution >= 0.6 is 0 Å². The normalized spacial score (nSPS) is 17.0. The molecular formula is C17H18FN5O2S. The minimum absolute atomic E-state index is 0.00527.